The van der Waals surface area contributed by atoms with E-state index in [0.717, 1.165) is 45.3 Å². The van der Waals surface area contributed by atoms with Crippen molar-refractivity contribution in [2.45, 2.75) is 75.1 Å². The van der Waals surface area contributed by atoms with E-state index in [4.69, 9.17) is 9.97 Å². The normalized spacial score (nSPS) is 14.4. The van der Waals surface area contributed by atoms with Crippen LogP contribution in [0.4, 0.5) is 0 Å². The van der Waals surface area contributed by atoms with Crippen LogP contribution >= 0.6 is 0 Å². The van der Waals surface area contributed by atoms with Crippen LogP contribution in [0.1, 0.15) is 62.6 Å². The summed E-state index contributed by atoms with van der Waals surface area (Å²) in [5.41, 5.74) is 15.6. The van der Waals surface area contributed by atoms with Crippen LogP contribution in [-0.4, -0.2) is 27.8 Å². The molecule has 8 aromatic rings. The predicted molar refractivity (Wildman–Crippen MR) is 250 cm³/mol. The summed E-state index contributed by atoms with van der Waals surface area (Å²) in [5.74, 6) is 9.23. The van der Waals surface area contributed by atoms with Crippen molar-refractivity contribution in [1.82, 2.24) is 14.5 Å². The molecule has 2 aliphatic rings. The first-order valence-corrected chi connectivity index (χ1v) is 28.8. The molecule has 5 heteroatoms. The summed E-state index contributed by atoms with van der Waals surface area (Å²) in [4.78, 5) is 9.87. The van der Waals surface area contributed by atoms with Crippen LogP contribution in [0.3, 0.4) is 0 Å². The molecule has 10 rings (SSSR count). The molecule has 0 saturated heterocycles. The quantitative estimate of drug-likeness (QED) is 0.118. The third kappa shape index (κ3) is 8.40. The third-order valence-corrected chi connectivity index (χ3v) is 16.9. The number of pyridine rings is 1. The summed E-state index contributed by atoms with van der Waals surface area (Å²) in [6, 6.07) is 58.3. The molecular weight excluding hydrogens is 967 g/mol. The van der Waals surface area contributed by atoms with E-state index in [1.165, 1.54) is 71.9 Å². The summed E-state index contributed by atoms with van der Waals surface area (Å²) in [7, 11) is 0. The molecule has 1 saturated carbocycles. The standard InChI is InChI=1S/C34H25N2.C21H28GeN.Ir/c1-34(2)29-13-7-6-12-27(29)28-22-25(18-21-30(28)34)33-35-31-14-8-9-15-32(31)36(33)26-19-16-24(17-20-26)23-10-4-3-5-11-23;1-22(2,3)20-16-23-21(18-12-8-5-9-13-18)15-19(20)14-17-10-6-4-7-11-17;/h3-17,19-22H,1-2H3;5,8-9,12,15-17H,4,6-7,10-11,14H2,1-3H3;/q2*-1;. The van der Waals surface area contributed by atoms with Crippen LogP contribution in [0.25, 0.3) is 61.6 Å². The average molecular weight is 1020 g/mol. The van der Waals surface area contributed by atoms with Crippen molar-refractivity contribution in [1.29, 1.82) is 0 Å². The number of fused-ring (bicyclic) bond motifs is 4. The molecule has 1 radical (unpaired) electrons. The minimum Gasteiger partial charge on any atom is 0 e. The number of nitrogens with zero attached hydrogens (tertiary/aromatic N) is 3. The molecule has 303 valence electrons. The Morgan fingerprint density at radius 3 is 2.13 bits per heavy atom. The summed E-state index contributed by atoms with van der Waals surface area (Å²) >= 11 is -1.89. The number of hydrogen-bond acceptors (Lipinski definition) is 2. The molecule has 2 aliphatic carbocycles. The topological polar surface area (TPSA) is 30.7 Å². The summed E-state index contributed by atoms with van der Waals surface area (Å²) in [6.45, 7) is 4.60. The number of benzene rings is 6. The van der Waals surface area contributed by atoms with E-state index >= 15 is 0 Å². The molecular formula is C55H53GeIrN3-2. The van der Waals surface area contributed by atoms with Gasteiger partial charge in [-0.1, -0.05) is 98.3 Å². The second-order valence-electron chi connectivity index (χ2n) is 18.0. The van der Waals surface area contributed by atoms with Crippen molar-refractivity contribution < 1.29 is 20.1 Å². The first-order valence-electron chi connectivity index (χ1n) is 21.4. The Bertz CT molecular complexity index is 2720. The van der Waals surface area contributed by atoms with Crippen LogP contribution in [0.2, 0.25) is 17.3 Å². The van der Waals surface area contributed by atoms with Gasteiger partial charge in [-0.25, -0.2) is 0 Å². The van der Waals surface area contributed by atoms with E-state index in [-0.39, 0.29) is 25.5 Å². The van der Waals surface area contributed by atoms with Gasteiger partial charge in [-0.3, -0.25) is 4.98 Å². The van der Waals surface area contributed by atoms with Crippen molar-refractivity contribution in [3.05, 3.63) is 181 Å². The minimum absolute atomic E-state index is 0. The molecule has 0 N–H and O–H groups in total. The van der Waals surface area contributed by atoms with Gasteiger partial charge in [0.1, 0.15) is 0 Å². The molecule has 6 aromatic carbocycles. The largest absolute Gasteiger partial charge is 0 e. The molecule has 2 heterocycles. The Morgan fingerprint density at radius 2 is 1.38 bits per heavy atom. The van der Waals surface area contributed by atoms with Gasteiger partial charge in [-0.2, -0.15) is 0 Å². The molecule has 0 unspecified atom stereocenters. The van der Waals surface area contributed by atoms with Gasteiger partial charge in [0.25, 0.3) is 0 Å². The Hall–Kier alpha value is -4.87. The molecule has 0 aliphatic heterocycles. The first kappa shape index (κ1) is 41.8. The smallest absolute Gasteiger partial charge is 0 e. The Labute approximate surface area is 373 Å². The average Bonchev–Trinajstić information content (AvgIpc) is 3.77. The maximum absolute atomic E-state index is 5.09. The molecule has 3 nitrogen and oxygen atoms in total. The van der Waals surface area contributed by atoms with Gasteiger partial charge in [-0.05, 0) is 51.9 Å². The van der Waals surface area contributed by atoms with Crippen LogP contribution in [0.15, 0.2) is 152 Å². The van der Waals surface area contributed by atoms with Crippen LogP contribution < -0.4 is 4.40 Å². The van der Waals surface area contributed by atoms with Gasteiger partial charge >= 0.3 is 144 Å². The van der Waals surface area contributed by atoms with Gasteiger partial charge in [0.15, 0.2) is 0 Å². The minimum atomic E-state index is -1.89. The van der Waals surface area contributed by atoms with Crippen molar-refractivity contribution in [3.63, 3.8) is 0 Å². The zero-order chi connectivity index (χ0) is 40.6. The number of hydrogen-bond donors (Lipinski definition) is 0. The number of aromatic nitrogens is 3. The molecule has 0 amide bonds. The van der Waals surface area contributed by atoms with Gasteiger partial charge < -0.3 is 4.57 Å². The zero-order valence-electron chi connectivity index (χ0n) is 35.4. The molecule has 2 aromatic heterocycles. The van der Waals surface area contributed by atoms with Crippen LogP contribution in [0.5, 0.6) is 0 Å². The maximum atomic E-state index is 5.09. The van der Waals surface area contributed by atoms with E-state index in [1.54, 1.807) is 9.96 Å². The maximum Gasteiger partial charge on any atom is 0 e. The van der Waals surface area contributed by atoms with Gasteiger partial charge in [-0.15, -0.1) is 29.3 Å². The third-order valence-electron chi connectivity index (χ3n) is 12.6. The summed E-state index contributed by atoms with van der Waals surface area (Å²) < 4.78 is 3.85. The van der Waals surface area contributed by atoms with E-state index in [1.807, 2.05) is 18.2 Å². The van der Waals surface area contributed by atoms with Crippen LogP contribution in [0, 0.1) is 18.1 Å². The van der Waals surface area contributed by atoms with E-state index in [0.29, 0.717) is 0 Å². The Kier molecular flexibility index (Phi) is 12.3. The van der Waals surface area contributed by atoms with Crippen LogP contribution in [-0.2, 0) is 31.9 Å². The fourth-order valence-corrected chi connectivity index (χ4v) is 12.7. The van der Waals surface area contributed by atoms with Gasteiger partial charge in [0.05, 0.1) is 16.9 Å². The number of rotatable bonds is 7. The molecule has 0 spiro atoms. The van der Waals surface area contributed by atoms with E-state index < -0.39 is 13.3 Å². The molecule has 0 bridgehead atoms. The molecule has 0 atom stereocenters. The number of para-hydroxylation sites is 2. The van der Waals surface area contributed by atoms with Crippen molar-refractivity contribution in [2.24, 2.45) is 5.92 Å². The molecule has 1 fully saturated rings. The monoisotopic (exact) mass is 1020 g/mol. The van der Waals surface area contributed by atoms with E-state index in [9.17, 15) is 0 Å². The van der Waals surface area contributed by atoms with Gasteiger partial charge in [0, 0.05) is 25.8 Å². The SMILES string of the molecule is CC1(C)c2c[c-]c(-c3nc4ccccc4n3-c3ccc(-c4ccccc4)cc3)cc2-c2ccccc21.[CH3][Ge]([CH3])([CH3])[c]1cnc(-c2[c-]cccc2)cc1CC1CCCCC1.[Ir]. The Morgan fingerprint density at radius 1 is 0.683 bits per heavy atom. The summed E-state index contributed by atoms with van der Waals surface area (Å²) in [6.07, 6.45) is 10.5. The van der Waals surface area contributed by atoms with E-state index in [2.05, 4.69) is 181 Å². The van der Waals surface area contributed by atoms with Gasteiger partial charge in [0.2, 0.25) is 0 Å². The molecule has 60 heavy (non-hydrogen) atoms. The zero-order valence-corrected chi connectivity index (χ0v) is 39.9. The Balaban J connectivity index is 0.000000181. The first-order chi connectivity index (χ1) is 28.6. The van der Waals surface area contributed by atoms with Crippen molar-refractivity contribution in [3.8, 4) is 50.6 Å². The number of imidazole rings is 1. The van der Waals surface area contributed by atoms with Crippen molar-refractivity contribution in [2.75, 3.05) is 0 Å². The summed E-state index contributed by atoms with van der Waals surface area (Å²) in [5, 5.41) is 0. The second kappa shape index (κ2) is 17.6. The fraction of sp³-hybridized carbons (Fsp3) is 0.236. The predicted octanol–water partition coefficient (Wildman–Crippen LogP) is 13.7. The fourth-order valence-electron chi connectivity index (χ4n) is 9.41. The van der Waals surface area contributed by atoms with Crippen molar-refractivity contribution >= 4 is 28.7 Å². The second-order valence-corrected chi connectivity index (χ2v) is 28.5.